The largest absolute Gasteiger partial charge is 0.398 e. The SMILES string of the molecule is CCc1cccc(C)c1.Nc1cccc2c1C(=O)c1ccccc1C2=O. The van der Waals surface area contributed by atoms with E-state index in [1.807, 2.05) is 0 Å². The number of carbonyl (C=O) groups is 2. The van der Waals surface area contributed by atoms with Gasteiger partial charge in [0.1, 0.15) is 0 Å². The third-order valence-corrected chi connectivity index (χ3v) is 4.48. The Morgan fingerprint density at radius 2 is 1.38 bits per heavy atom. The monoisotopic (exact) mass is 343 g/mol. The smallest absolute Gasteiger partial charge is 0.196 e. The molecule has 3 aromatic carbocycles. The molecule has 0 fully saturated rings. The molecular formula is C23H21NO2. The van der Waals surface area contributed by atoms with Gasteiger partial charge in [0.05, 0.1) is 5.56 Å². The quantitative estimate of drug-likeness (QED) is 0.514. The molecular weight excluding hydrogens is 322 g/mol. The zero-order valence-electron chi connectivity index (χ0n) is 15.0. The molecule has 0 aromatic heterocycles. The summed E-state index contributed by atoms with van der Waals surface area (Å²) in [7, 11) is 0. The topological polar surface area (TPSA) is 60.2 Å². The van der Waals surface area contributed by atoms with Crippen LogP contribution in [0.2, 0.25) is 0 Å². The van der Waals surface area contributed by atoms with Gasteiger partial charge in [0.15, 0.2) is 11.6 Å². The zero-order chi connectivity index (χ0) is 18.7. The highest BCUT2D eigenvalue weighted by Crippen LogP contribution is 2.30. The van der Waals surface area contributed by atoms with Crippen molar-refractivity contribution in [2.75, 3.05) is 5.73 Å². The lowest BCUT2D eigenvalue weighted by Crippen LogP contribution is -2.22. The number of nitrogen functional groups attached to an aromatic ring is 1. The Balaban J connectivity index is 0.000000185. The fraction of sp³-hybridized carbons (Fsp3) is 0.130. The minimum atomic E-state index is -0.173. The average Bonchev–Trinajstić information content (AvgIpc) is 2.66. The van der Waals surface area contributed by atoms with Crippen LogP contribution in [0.5, 0.6) is 0 Å². The molecule has 2 N–H and O–H groups in total. The molecule has 0 amide bonds. The van der Waals surface area contributed by atoms with Crippen LogP contribution >= 0.6 is 0 Å². The van der Waals surface area contributed by atoms with Gasteiger partial charge in [-0.05, 0) is 25.0 Å². The summed E-state index contributed by atoms with van der Waals surface area (Å²) in [5.74, 6) is -0.309. The molecule has 0 unspecified atom stereocenters. The van der Waals surface area contributed by atoms with Crippen LogP contribution < -0.4 is 5.73 Å². The van der Waals surface area contributed by atoms with E-state index in [1.165, 1.54) is 11.1 Å². The number of aryl methyl sites for hydroxylation is 2. The first-order valence-corrected chi connectivity index (χ1v) is 8.65. The highest BCUT2D eigenvalue weighted by atomic mass is 16.1. The summed E-state index contributed by atoms with van der Waals surface area (Å²) in [6, 6.07) is 20.4. The van der Waals surface area contributed by atoms with Crippen LogP contribution in [0, 0.1) is 6.92 Å². The van der Waals surface area contributed by atoms with Gasteiger partial charge in [-0.2, -0.15) is 0 Å². The third kappa shape index (κ3) is 3.29. The van der Waals surface area contributed by atoms with Gasteiger partial charge in [-0.15, -0.1) is 0 Å². The van der Waals surface area contributed by atoms with Crippen molar-refractivity contribution in [3.8, 4) is 0 Å². The summed E-state index contributed by atoms with van der Waals surface area (Å²) in [5.41, 5.74) is 10.5. The van der Waals surface area contributed by atoms with E-state index in [2.05, 4.69) is 38.1 Å². The van der Waals surface area contributed by atoms with Gasteiger partial charge in [-0.25, -0.2) is 0 Å². The van der Waals surface area contributed by atoms with Crippen molar-refractivity contribution in [1.82, 2.24) is 0 Å². The minimum absolute atomic E-state index is 0.137. The average molecular weight is 343 g/mol. The number of ketones is 2. The maximum Gasteiger partial charge on any atom is 0.196 e. The number of nitrogens with two attached hydrogens (primary N) is 1. The van der Waals surface area contributed by atoms with Gasteiger partial charge in [-0.1, -0.05) is 73.2 Å². The van der Waals surface area contributed by atoms with Crippen molar-refractivity contribution in [1.29, 1.82) is 0 Å². The molecule has 1 aliphatic rings. The number of carbonyl (C=O) groups excluding carboxylic acids is 2. The van der Waals surface area contributed by atoms with Crippen molar-refractivity contribution in [2.24, 2.45) is 0 Å². The molecule has 0 spiro atoms. The molecule has 0 saturated heterocycles. The molecule has 130 valence electrons. The van der Waals surface area contributed by atoms with Crippen LogP contribution in [0.3, 0.4) is 0 Å². The first-order chi connectivity index (χ1) is 12.5. The second kappa shape index (κ2) is 7.36. The van der Waals surface area contributed by atoms with Gasteiger partial charge in [0.25, 0.3) is 0 Å². The van der Waals surface area contributed by atoms with E-state index in [4.69, 9.17) is 5.73 Å². The molecule has 3 aromatic rings. The lowest BCUT2D eigenvalue weighted by Gasteiger charge is -2.18. The summed E-state index contributed by atoms with van der Waals surface area (Å²) < 4.78 is 0. The predicted molar refractivity (Wildman–Crippen MR) is 105 cm³/mol. The molecule has 0 bridgehead atoms. The van der Waals surface area contributed by atoms with Crippen molar-refractivity contribution < 1.29 is 9.59 Å². The third-order valence-electron chi connectivity index (χ3n) is 4.48. The van der Waals surface area contributed by atoms with Crippen molar-refractivity contribution in [3.63, 3.8) is 0 Å². The van der Waals surface area contributed by atoms with E-state index in [9.17, 15) is 9.59 Å². The highest BCUT2D eigenvalue weighted by Gasteiger charge is 2.30. The first kappa shape index (κ1) is 17.6. The van der Waals surface area contributed by atoms with E-state index < -0.39 is 0 Å². The standard InChI is InChI=1S/C14H9NO2.C9H12/c15-11-7-3-6-10-12(11)14(17)9-5-2-1-4-8(9)13(10)16;1-3-9-6-4-5-8(2)7-9/h1-7H,15H2;4-7H,3H2,1-2H3. The summed E-state index contributed by atoms with van der Waals surface area (Å²) in [6.45, 7) is 4.30. The molecule has 26 heavy (non-hydrogen) atoms. The van der Waals surface area contributed by atoms with Crippen molar-refractivity contribution in [2.45, 2.75) is 20.3 Å². The molecule has 0 saturated carbocycles. The number of rotatable bonds is 1. The lowest BCUT2D eigenvalue weighted by atomic mass is 9.83. The van der Waals surface area contributed by atoms with Crippen LogP contribution in [-0.2, 0) is 6.42 Å². The summed E-state index contributed by atoms with van der Waals surface area (Å²) in [4.78, 5) is 24.4. The Morgan fingerprint density at radius 1 is 0.769 bits per heavy atom. The number of hydrogen-bond donors (Lipinski definition) is 1. The van der Waals surface area contributed by atoms with Gasteiger partial charge < -0.3 is 5.73 Å². The van der Waals surface area contributed by atoms with E-state index in [1.54, 1.807) is 42.5 Å². The molecule has 4 rings (SSSR count). The fourth-order valence-electron chi connectivity index (χ4n) is 3.10. The number of benzene rings is 3. The molecule has 3 nitrogen and oxygen atoms in total. The van der Waals surface area contributed by atoms with Gasteiger partial charge in [0.2, 0.25) is 0 Å². The Kier molecular flexibility index (Phi) is 4.99. The van der Waals surface area contributed by atoms with E-state index in [-0.39, 0.29) is 11.6 Å². The molecule has 3 heteroatoms. The molecule has 1 aliphatic carbocycles. The molecule has 0 aliphatic heterocycles. The maximum atomic E-state index is 12.2. The van der Waals surface area contributed by atoms with E-state index >= 15 is 0 Å². The van der Waals surface area contributed by atoms with Crippen LogP contribution in [0.4, 0.5) is 5.69 Å². The Hall–Kier alpha value is -3.20. The van der Waals surface area contributed by atoms with Gasteiger partial charge in [0, 0.05) is 22.4 Å². The van der Waals surface area contributed by atoms with E-state index in [0.29, 0.717) is 27.9 Å². The highest BCUT2D eigenvalue weighted by molar-refractivity contribution is 6.29. The maximum absolute atomic E-state index is 12.2. The molecule has 0 atom stereocenters. The van der Waals surface area contributed by atoms with Gasteiger partial charge in [-0.3, -0.25) is 9.59 Å². The first-order valence-electron chi connectivity index (χ1n) is 8.65. The summed E-state index contributed by atoms with van der Waals surface area (Å²) in [6.07, 6.45) is 1.14. The van der Waals surface area contributed by atoms with Crippen LogP contribution in [0.15, 0.2) is 66.7 Å². The lowest BCUT2D eigenvalue weighted by molar-refractivity contribution is 0.0979. The normalized spacial score (nSPS) is 11.9. The second-order valence-electron chi connectivity index (χ2n) is 6.32. The zero-order valence-corrected chi connectivity index (χ0v) is 15.0. The Bertz CT molecular complexity index is 989. The molecule has 0 radical (unpaired) electrons. The van der Waals surface area contributed by atoms with Gasteiger partial charge >= 0.3 is 0 Å². The Morgan fingerprint density at radius 3 is 2.00 bits per heavy atom. The predicted octanol–water partition coefficient (Wildman–Crippen LogP) is 4.60. The second-order valence-corrected chi connectivity index (χ2v) is 6.32. The summed E-state index contributed by atoms with van der Waals surface area (Å²) >= 11 is 0. The Labute approximate surface area is 153 Å². The summed E-state index contributed by atoms with van der Waals surface area (Å²) in [5, 5.41) is 0. The van der Waals surface area contributed by atoms with Crippen molar-refractivity contribution >= 4 is 17.3 Å². The molecule has 0 heterocycles. The number of fused-ring (bicyclic) bond motifs is 2. The van der Waals surface area contributed by atoms with Crippen LogP contribution in [0.25, 0.3) is 0 Å². The number of hydrogen-bond acceptors (Lipinski definition) is 3. The minimum Gasteiger partial charge on any atom is -0.398 e. The number of anilines is 1. The van der Waals surface area contributed by atoms with E-state index in [0.717, 1.165) is 6.42 Å². The van der Waals surface area contributed by atoms with Crippen LogP contribution in [0.1, 0.15) is 49.9 Å². The van der Waals surface area contributed by atoms with Crippen LogP contribution in [-0.4, -0.2) is 11.6 Å². The fourth-order valence-corrected chi connectivity index (χ4v) is 3.10. The van der Waals surface area contributed by atoms with Crippen molar-refractivity contribution in [3.05, 3.63) is 100 Å².